The number of ether oxygens (including phenoxy) is 1. The number of hydrogen-bond donors (Lipinski definition) is 0. The molecule has 1 saturated heterocycles. The zero-order valence-corrected chi connectivity index (χ0v) is 13.0. The van der Waals surface area contributed by atoms with Crippen LogP contribution in [0.3, 0.4) is 0 Å². The van der Waals surface area contributed by atoms with Crippen molar-refractivity contribution in [3.05, 3.63) is 53.9 Å². The van der Waals surface area contributed by atoms with Crippen molar-refractivity contribution in [2.24, 2.45) is 0 Å². The standard InChI is InChI=1S/C17H17F2N3O2/c18-13-3-1-12(2-4-13)9-16(23)22-7-5-15(6-8-22)24-17-20-10-14(19)11-21-17/h1-4,10-11,15H,5-9H2. The summed E-state index contributed by atoms with van der Waals surface area (Å²) in [4.78, 5) is 21.6. The van der Waals surface area contributed by atoms with Crippen molar-refractivity contribution in [2.75, 3.05) is 13.1 Å². The normalized spacial score (nSPS) is 15.3. The molecule has 0 bridgehead atoms. The number of halogens is 2. The molecule has 24 heavy (non-hydrogen) atoms. The first-order valence-corrected chi connectivity index (χ1v) is 7.76. The Labute approximate surface area is 138 Å². The van der Waals surface area contributed by atoms with E-state index in [2.05, 4.69) is 9.97 Å². The maximum absolute atomic E-state index is 12.9. The minimum absolute atomic E-state index is 0.0121. The number of carbonyl (C=O) groups excluding carboxylic acids is 1. The van der Waals surface area contributed by atoms with Crippen LogP contribution in [0.2, 0.25) is 0 Å². The lowest BCUT2D eigenvalue weighted by Gasteiger charge is -2.31. The van der Waals surface area contributed by atoms with Crippen LogP contribution in [-0.2, 0) is 11.2 Å². The number of rotatable bonds is 4. The quantitative estimate of drug-likeness (QED) is 0.862. The zero-order chi connectivity index (χ0) is 16.9. The molecular weight excluding hydrogens is 316 g/mol. The summed E-state index contributed by atoms with van der Waals surface area (Å²) >= 11 is 0. The number of likely N-dealkylation sites (tertiary alicyclic amines) is 1. The van der Waals surface area contributed by atoms with E-state index in [1.54, 1.807) is 17.0 Å². The van der Waals surface area contributed by atoms with Gasteiger partial charge in [-0.15, -0.1) is 0 Å². The molecule has 0 radical (unpaired) electrons. The first kappa shape index (κ1) is 16.3. The van der Waals surface area contributed by atoms with Gasteiger partial charge in [0.25, 0.3) is 0 Å². The summed E-state index contributed by atoms with van der Waals surface area (Å²) in [6.45, 7) is 1.15. The van der Waals surface area contributed by atoms with Gasteiger partial charge in [-0.05, 0) is 17.7 Å². The molecule has 0 aliphatic carbocycles. The van der Waals surface area contributed by atoms with Crippen molar-refractivity contribution < 1.29 is 18.3 Å². The number of nitrogens with zero attached hydrogens (tertiary/aromatic N) is 3. The molecule has 1 aliphatic heterocycles. The number of benzene rings is 1. The highest BCUT2D eigenvalue weighted by Gasteiger charge is 2.24. The van der Waals surface area contributed by atoms with E-state index in [1.807, 2.05) is 0 Å². The Morgan fingerprint density at radius 3 is 2.33 bits per heavy atom. The van der Waals surface area contributed by atoms with E-state index in [1.165, 1.54) is 12.1 Å². The van der Waals surface area contributed by atoms with Gasteiger partial charge in [-0.3, -0.25) is 4.79 Å². The molecule has 0 atom stereocenters. The van der Waals surface area contributed by atoms with E-state index < -0.39 is 5.82 Å². The van der Waals surface area contributed by atoms with Gasteiger partial charge in [0, 0.05) is 25.9 Å². The van der Waals surface area contributed by atoms with Crippen LogP contribution in [0.25, 0.3) is 0 Å². The van der Waals surface area contributed by atoms with E-state index in [-0.39, 0.29) is 30.3 Å². The summed E-state index contributed by atoms with van der Waals surface area (Å²) in [5, 5.41) is 0. The molecule has 1 amide bonds. The van der Waals surface area contributed by atoms with E-state index in [9.17, 15) is 13.6 Å². The lowest BCUT2D eigenvalue weighted by atomic mass is 10.1. The summed E-state index contributed by atoms with van der Waals surface area (Å²) in [5.74, 6) is -0.811. The molecule has 5 nitrogen and oxygen atoms in total. The van der Waals surface area contributed by atoms with E-state index in [4.69, 9.17) is 4.74 Å². The second-order valence-electron chi connectivity index (χ2n) is 5.69. The first-order chi connectivity index (χ1) is 11.6. The van der Waals surface area contributed by atoms with Gasteiger partial charge < -0.3 is 9.64 Å². The lowest BCUT2D eigenvalue weighted by molar-refractivity contribution is -0.132. The molecule has 0 N–H and O–H groups in total. The van der Waals surface area contributed by atoms with Crippen LogP contribution >= 0.6 is 0 Å². The van der Waals surface area contributed by atoms with E-state index >= 15 is 0 Å². The van der Waals surface area contributed by atoms with Gasteiger partial charge in [-0.25, -0.2) is 18.7 Å². The number of piperidine rings is 1. The van der Waals surface area contributed by atoms with Crippen LogP contribution in [-0.4, -0.2) is 40.0 Å². The Morgan fingerprint density at radius 2 is 1.71 bits per heavy atom. The molecule has 1 aromatic carbocycles. The van der Waals surface area contributed by atoms with Crippen molar-refractivity contribution in [1.29, 1.82) is 0 Å². The second kappa shape index (κ2) is 7.33. The third-order valence-corrected chi connectivity index (χ3v) is 3.93. The Morgan fingerprint density at radius 1 is 1.08 bits per heavy atom. The fraction of sp³-hybridized carbons (Fsp3) is 0.353. The maximum Gasteiger partial charge on any atom is 0.316 e. The predicted octanol–water partition coefficient (Wildman–Crippen LogP) is 2.37. The minimum atomic E-state index is -0.511. The van der Waals surface area contributed by atoms with Gasteiger partial charge in [-0.1, -0.05) is 12.1 Å². The molecular formula is C17H17F2N3O2. The monoisotopic (exact) mass is 333 g/mol. The molecule has 2 aromatic rings. The summed E-state index contributed by atoms with van der Waals surface area (Å²) in [6.07, 6.45) is 3.61. The first-order valence-electron chi connectivity index (χ1n) is 7.76. The molecule has 0 saturated carbocycles. The maximum atomic E-state index is 12.9. The Bertz CT molecular complexity index is 684. The lowest BCUT2D eigenvalue weighted by Crippen LogP contribution is -2.42. The molecule has 126 valence electrons. The summed E-state index contributed by atoms with van der Waals surface area (Å²) < 4.78 is 31.2. The van der Waals surface area contributed by atoms with Crippen molar-refractivity contribution >= 4 is 5.91 Å². The Hall–Kier alpha value is -2.57. The fourth-order valence-corrected chi connectivity index (χ4v) is 2.62. The summed E-state index contributed by atoms with van der Waals surface area (Å²) in [6, 6.07) is 6.09. The highest BCUT2D eigenvalue weighted by molar-refractivity contribution is 5.78. The van der Waals surface area contributed by atoms with Crippen molar-refractivity contribution in [2.45, 2.75) is 25.4 Å². The molecule has 3 rings (SSSR count). The molecule has 1 aliphatic rings. The Kier molecular flexibility index (Phi) is 4.98. The smallest absolute Gasteiger partial charge is 0.316 e. The highest BCUT2D eigenvalue weighted by atomic mass is 19.1. The molecule has 1 fully saturated rings. The molecule has 0 spiro atoms. The van der Waals surface area contributed by atoms with Crippen LogP contribution in [0.15, 0.2) is 36.7 Å². The van der Waals surface area contributed by atoms with Crippen LogP contribution in [0, 0.1) is 11.6 Å². The fourth-order valence-electron chi connectivity index (χ4n) is 2.62. The third-order valence-electron chi connectivity index (χ3n) is 3.93. The average Bonchev–Trinajstić information content (AvgIpc) is 2.59. The van der Waals surface area contributed by atoms with Crippen LogP contribution in [0.1, 0.15) is 18.4 Å². The van der Waals surface area contributed by atoms with Crippen molar-refractivity contribution in [3.8, 4) is 6.01 Å². The van der Waals surface area contributed by atoms with Gasteiger partial charge in [0.05, 0.1) is 18.8 Å². The van der Waals surface area contributed by atoms with Crippen LogP contribution in [0.4, 0.5) is 8.78 Å². The average molecular weight is 333 g/mol. The minimum Gasteiger partial charge on any atom is -0.460 e. The number of aromatic nitrogens is 2. The van der Waals surface area contributed by atoms with Gasteiger partial charge in [-0.2, -0.15) is 0 Å². The van der Waals surface area contributed by atoms with Gasteiger partial charge >= 0.3 is 6.01 Å². The van der Waals surface area contributed by atoms with Crippen molar-refractivity contribution in [3.63, 3.8) is 0 Å². The predicted molar refractivity (Wildman–Crippen MR) is 82.3 cm³/mol. The largest absolute Gasteiger partial charge is 0.460 e. The zero-order valence-electron chi connectivity index (χ0n) is 13.0. The van der Waals surface area contributed by atoms with Gasteiger partial charge in [0.1, 0.15) is 11.9 Å². The van der Waals surface area contributed by atoms with Gasteiger partial charge in [0.15, 0.2) is 5.82 Å². The number of hydrogen-bond acceptors (Lipinski definition) is 4. The van der Waals surface area contributed by atoms with Crippen molar-refractivity contribution in [1.82, 2.24) is 14.9 Å². The topological polar surface area (TPSA) is 55.3 Å². The van der Waals surface area contributed by atoms with E-state index in [0.29, 0.717) is 25.9 Å². The van der Waals surface area contributed by atoms with Crippen LogP contribution < -0.4 is 4.74 Å². The molecule has 1 aromatic heterocycles. The Balaban J connectivity index is 1.48. The second-order valence-corrected chi connectivity index (χ2v) is 5.69. The number of carbonyl (C=O) groups is 1. The molecule has 2 heterocycles. The van der Waals surface area contributed by atoms with Gasteiger partial charge in [0.2, 0.25) is 5.91 Å². The third kappa shape index (κ3) is 4.24. The highest BCUT2D eigenvalue weighted by Crippen LogP contribution is 2.17. The SMILES string of the molecule is O=C(Cc1ccc(F)cc1)N1CCC(Oc2ncc(F)cn2)CC1. The number of amides is 1. The summed E-state index contributed by atoms with van der Waals surface area (Å²) in [7, 11) is 0. The van der Waals surface area contributed by atoms with Crippen LogP contribution in [0.5, 0.6) is 6.01 Å². The molecule has 7 heteroatoms. The van der Waals surface area contributed by atoms with E-state index in [0.717, 1.165) is 18.0 Å². The molecule has 0 unspecified atom stereocenters. The summed E-state index contributed by atoms with van der Waals surface area (Å²) in [5.41, 5.74) is 0.791.